The Morgan fingerprint density at radius 2 is 1.49 bits per heavy atom. The van der Waals surface area contributed by atoms with E-state index >= 15 is 0 Å². The number of esters is 4. The summed E-state index contributed by atoms with van der Waals surface area (Å²) in [7, 11) is 1.57. The SMILES string of the molecule is COc1ccc(/C=C/c2nn([C@@H]3O[C@H](COC(C)=O)[C@@H](OC(C)=O)[C@H](OC(C)=O)[C@H]3OC(C)=O)c(=S)[nH]c2=S)cc1. The first-order chi connectivity index (χ1) is 19.4. The first-order valence-corrected chi connectivity index (χ1v) is 13.1. The number of carbonyl (C=O) groups excluding carboxylic acids is 4. The Morgan fingerprint density at radius 3 is 2.05 bits per heavy atom. The molecule has 1 aromatic carbocycles. The third-order valence-electron chi connectivity index (χ3n) is 5.63. The van der Waals surface area contributed by atoms with E-state index in [9.17, 15) is 19.2 Å². The molecule has 3 rings (SSSR count). The van der Waals surface area contributed by atoms with Crippen molar-refractivity contribution in [2.45, 2.75) is 58.3 Å². The van der Waals surface area contributed by atoms with Crippen LogP contribution in [0, 0.1) is 9.41 Å². The number of aromatic nitrogens is 3. The Bertz CT molecular complexity index is 1440. The van der Waals surface area contributed by atoms with Crippen LogP contribution in [-0.4, -0.2) is 76.8 Å². The van der Waals surface area contributed by atoms with Crippen molar-refractivity contribution in [3.63, 3.8) is 0 Å². The summed E-state index contributed by atoms with van der Waals surface area (Å²) in [6.07, 6.45) is -3.20. The molecule has 13 nitrogen and oxygen atoms in total. The standard InChI is InChI=1S/C26H29N3O10S2/c1-13(30)35-12-20-21(36-14(2)31)22(37-15(3)32)23(38-16(4)33)25(39-20)29-26(41)27-24(40)19(28-29)11-8-17-6-9-18(34-5)10-7-17/h6-11,20-23,25H,12H2,1-5H3,(H,27,40,41)/b11-8+/t20-,21-,22+,23-,25-/m1/s1. The second-order valence-electron chi connectivity index (χ2n) is 8.79. The molecule has 1 aromatic heterocycles. The third-order valence-corrected chi connectivity index (χ3v) is 6.23. The molecule has 41 heavy (non-hydrogen) atoms. The molecule has 0 aliphatic carbocycles. The minimum absolute atomic E-state index is 0.0162. The summed E-state index contributed by atoms with van der Waals surface area (Å²) in [6, 6.07) is 7.24. The number of H-pyrrole nitrogens is 1. The highest BCUT2D eigenvalue weighted by atomic mass is 32.1. The molecule has 0 amide bonds. The molecule has 0 saturated carbocycles. The van der Waals surface area contributed by atoms with Gasteiger partial charge in [-0.05, 0) is 36.0 Å². The molecule has 2 aromatic rings. The second-order valence-corrected chi connectivity index (χ2v) is 9.58. The van der Waals surface area contributed by atoms with E-state index in [-0.39, 0.29) is 15.1 Å². The van der Waals surface area contributed by atoms with Gasteiger partial charge in [-0.15, -0.1) is 0 Å². The molecule has 0 unspecified atom stereocenters. The number of rotatable bonds is 9. The molecule has 0 bridgehead atoms. The summed E-state index contributed by atoms with van der Waals surface area (Å²) in [5.41, 5.74) is 1.10. The lowest BCUT2D eigenvalue weighted by Crippen LogP contribution is -2.60. The molecule has 0 spiro atoms. The van der Waals surface area contributed by atoms with Crippen LogP contribution >= 0.6 is 24.4 Å². The van der Waals surface area contributed by atoms with Crippen molar-refractivity contribution in [3.8, 4) is 5.75 Å². The summed E-state index contributed by atoms with van der Waals surface area (Å²) in [4.78, 5) is 50.7. The number of methoxy groups -OCH3 is 1. The average Bonchev–Trinajstić information content (AvgIpc) is 2.89. The molecule has 0 radical (unpaired) electrons. The fraction of sp³-hybridized carbons (Fsp3) is 0.423. The molecule has 1 aliphatic heterocycles. The second kappa shape index (κ2) is 14.1. The van der Waals surface area contributed by atoms with E-state index in [4.69, 9.17) is 52.9 Å². The fourth-order valence-electron chi connectivity index (χ4n) is 4.00. The van der Waals surface area contributed by atoms with Crippen molar-refractivity contribution in [2.75, 3.05) is 13.7 Å². The van der Waals surface area contributed by atoms with Gasteiger partial charge in [0.2, 0.25) is 0 Å². The molecule has 2 heterocycles. The largest absolute Gasteiger partial charge is 0.497 e. The van der Waals surface area contributed by atoms with Crippen molar-refractivity contribution in [3.05, 3.63) is 44.9 Å². The maximum atomic E-state index is 12.2. The quantitative estimate of drug-likeness (QED) is 0.252. The van der Waals surface area contributed by atoms with Crippen LogP contribution in [0.4, 0.5) is 0 Å². The van der Waals surface area contributed by atoms with Gasteiger partial charge in [-0.25, -0.2) is 4.68 Å². The zero-order chi connectivity index (χ0) is 30.3. The van der Waals surface area contributed by atoms with Gasteiger partial charge in [0.05, 0.1) is 7.11 Å². The predicted molar refractivity (Wildman–Crippen MR) is 147 cm³/mol. The Morgan fingerprint density at radius 1 is 0.902 bits per heavy atom. The van der Waals surface area contributed by atoms with Gasteiger partial charge >= 0.3 is 23.9 Å². The lowest BCUT2D eigenvalue weighted by molar-refractivity contribution is -0.271. The van der Waals surface area contributed by atoms with Gasteiger partial charge in [0.15, 0.2) is 29.3 Å². The highest BCUT2D eigenvalue weighted by Crippen LogP contribution is 2.34. The minimum Gasteiger partial charge on any atom is -0.497 e. The van der Waals surface area contributed by atoms with Gasteiger partial charge in [0.25, 0.3) is 0 Å². The van der Waals surface area contributed by atoms with Crippen LogP contribution in [-0.2, 0) is 42.9 Å². The first kappa shape index (κ1) is 31.6. The van der Waals surface area contributed by atoms with Crippen molar-refractivity contribution in [1.29, 1.82) is 0 Å². The number of nitrogens with one attached hydrogen (secondary N) is 1. The van der Waals surface area contributed by atoms with E-state index in [2.05, 4.69) is 10.1 Å². The number of aromatic amines is 1. The number of ether oxygens (including phenoxy) is 6. The van der Waals surface area contributed by atoms with Crippen molar-refractivity contribution in [1.82, 2.24) is 14.8 Å². The van der Waals surface area contributed by atoms with Crippen LogP contribution in [0.1, 0.15) is 45.2 Å². The van der Waals surface area contributed by atoms with Crippen molar-refractivity contribution >= 4 is 60.5 Å². The fourth-order valence-corrected chi connectivity index (χ4v) is 4.52. The zero-order valence-electron chi connectivity index (χ0n) is 22.9. The molecule has 5 atom stereocenters. The molecule has 220 valence electrons. The molecular formula is C26H29N3O10S2. The van der Waals surface area contributed by atoms with Crippen LogP contribution in [0.2, 0.25) is 0 Å². The lowest BCUT2D eigenvalue weighted by atomic mass is 9.97. The lowest BCUT2D eigenvalue weighted by Gasteiger charge is -2.44. The molecule has 1 fully saturated rings. The Hall–Kier alpha value is -3.95. The van der Waals surface area contributed by atoms with Crippen LogP contribution < -0.4 is 4.74 Å². The predicted octanol–water partition coefficient (Wildman–Crippen LogP) is 3.10. The summed E-state index contributed by atoms with van der Waals surface area (Å²) in [5, 5.41) is 4.52. The summed E-state index contributed by atoms with van der Waals surface area (Å²) in [6.45, 7) is 4.20. The molecule has 1 saturated heterocycles. The Balaban J connectivity index is 2.12. The molecule has 15 heteroatoms. The number of nitrogens with zero attached hydrogens (tertiary/aromatic N) is 2. The number of hydrogen-bond acceptors (Lipinski definition) is 13. The van der Waals surface area contributed by atoms with E-state index in [1.165, 1.54) is 11.6 Å². The highest BCUT2D eigenvalue weighted by molar-refractivity contribution is 7.72. The van der Waals surface area contributed by atoms with Gasteiger partial charge in [0, 0.05) is 27.7 Å². The van der Waals surface area contributed by atoms with E-state index < -0.39 is 61.1 Å². The van der Waals surface area contributed by atoms with Crippen LogP contribution in [0.25, 0.3) is 12.2 Å². The third kappa shape index (κ3) is 8.52. The number of benzene rings is 1. The topological polar surface area (TPSA) is 157 Å². The Kier molecular flexibility index (Phi) is 10.9. The maximum Gasteiger partial charge on any atom is 0.303 e. The van der Waals surface area contributed by atoms with Gasteiger partial charge in [-0.2, -0.15) is 5.10 Å². The van der Waals surface area contributed by atoms with Crippen molar-refractivity contribution < 1.29 is 47.6 Å². The van der Waals surface area contributed by atoms with E-state index in [0.717, 1.165) is 26.3 Å². The van der Waals surface area contributed by atoms with Gasteiger partial charge in [-0.3, -0.25) is 19.2 Å². The van der Waals surface area contributed by atoms with Crippen molar-refractivity contribution in [2.24, 2.45) is 0 Å². The molecular weight excluding hydrogens is 578 g/mol. The van der Waals surface area contributed by atoms with Crippen LogP contribution in [0.5, 0.6) is 5.75 Å². The average molecular weight is 608 g/mol. The van der Waals surface area contributed by atoms with E-state index in [1.807, 2.05) is 12.1 Å². The normalized spacial score (nSPS) is 22.0. The van der Waals surface area contributed by atoms with Gasteiger partial charge in [-0.1, -0.05) is 30.4 Å². The summed E-state index contributed by atoms with van der Waals surface area (Å²) in [5.74, 6) is -2.20. The molecule has 1 aliphatic rings. The van der Waals surface area contributed by atoms with Gasteiger partial charge in [0.1, 0.15) is 28.8 Å². The van der Waals surface area contributed by atoms with Crippen LogP contribution in [0.3, 0.4) is 0 Å². The monoisotopic (exact) mass is 607 g/mol. The zero-order valence-corrected chi connectivity index (χ0v) is 24.5. The highest BCUT2D eigenvalue weighted by Gasteiger charge is 2.53. The smallest absolute Gasteiger partial charge is 0.303 e. The van der Waals surface area contributed by atoms with Gasteiger partial charge < -0.3 is 33.4 Å². The maximum absolute atomic E-state index is 12.2. The number of carbonyl (C=O) groups is 4. The molecule has 1 N–H and O–H groups in total. The minimum atomic E-state index is -1.39. The summed E-state index contributed by atoms with van der Waals surface area (Å²) < 4.78 is 34.2. The summed E-state index contributed by atoms with van der Waals surface area (Å²) >= 11 is 10.9. The Labute approximate surface area is 245 Å². The first-order valence-electron chi connectivity index (χ1n) is 12.2. The number of hydrogen-bond donors (Lipinski definition) is 1. The van der Waals surface area contributed by atoms with E-state index in [1.54, 1.807) is 31.4 Å². The van der Waals surface area contributed by atoms with Crippen LogP contribution in [0.15, 0.2) is 24.3 Å². The van der Waals surface area contributed by atoms with E-state index in [0.29, 0.717) is 5.75 Å².